The van der Waals surface area contributed by atoms with Gasteiger partial charge in [-0.1, -0.05) is 36.7 Å². The molecule has 0 spiro atoms. The molecule has 0 fully saturated rings. The minimum absolute atomic E-state index is 0.216. The van der Waals surface area contributed by atoms with Gasteiger partial charge in [0.15, 0.2) is 8.32 Å². The Morgan fingerprint density at radius 3 is 2.32 bits per heavy atom. The Balaban J connectivity index is 2.95. The molecule has 1 aromatic rings. The maximum Gasteiger partial charge on any atom is 0.311 e. The van der Waals surface area contributed by atoms with Gasteiger partial charge in [-0.15, -0.1) is 0 Å². The summed E-state index contributed by atoms with van der Waals surface area (Å²) in [5.41, 5.74) is -1.48. The molecular formula is C15H21BrF3NOSi. The van der Waals surface area contributed by atoms with E-state index in [1.54, 1.807) is 0 Å². The summed E-state index contributed by atoms with van der Waals surface area (Å²) in [6.45, 7) is 8.62. The molecule has 22 heavy (non-hydrogen) atoms. The Kier molecular flexibility index (Phi) is 5.68. The first kappa shape index (κ1) is 19.4. The highest BCUT2D eigenvalue weighted by molar-refractivity contribution is 9.10. The molecule has 0 saturated carbocycles. The summed E-state index contributed by atoms with van der Waals surface area (Å²) < 4.78 is 48.1. The van der Waals surface area contributed by atoms with Gasteiger partial charge >= 0.3 is 5.92 Å². The van der Waals surface area contributed by atoms with Crippen LogP contribution < -0.4 is 0 Å². The SMILES string of the molecule is CC(C)(C)[Si](C)(C)OCC(F)(F)C(=N)c1cc(Br)ccc1F. The van der Waals surface area contributed by atoms with Crippen LogP contribution in [0.25, 0.3) is 0 Å². The summed E-state index contributed by atoms with van der Waals surface area (Å²) in [5.74, 6) is -4.39. The molecule has 0 unspecified atom stereocenters. The molecule has 0 saturated heterocycles. The fraction of sp³-hybridized carbons (Fsp3) is 0.533. The smallest absolute Gasteiger partial charge is 0.311 e. The van der Waals surface area contributed by atoms with E-state index in [4.69, 9.17) is 9.84 Å². The number of benzene rings is 1. The van der Waals surface area contributed by atoms with E-state index in [-0.39, 0.29) is 5.04 Å². The van der Waals surface area contributed by atoms with Crippen molar-refractivity contribution in [1.29, 1.82) is 5.41 Å². The molecule has 0 amide bonds. The Morgan fingerprint density at radius 1 is 1.27 bits per heavy atom. The molecule has 0 aliphatic heterocycles. The van der Waals surface area contributed by atoms with Crippen LogP contribution in [0.4, 0.5) is 13.2 Å². The predicted octanol–water partition coefficient (Wildman–Crippen LogP) is 5.61. The summed E-state index contributed by atoms with van der Waals surface area (Å²) in [6, 6.07) is 3.63. The first-order valence-corrected chi connectivity index (χ1v) is 10.5. The summed E-state index contributed by atoms with van der Waals surface area (Å²) >= 11 is 3.10. The average molecular weight is 396 g/mol. The van der Waals surface area contributed by atoms with E-state index < -0.39 is 37.9 Å². The van der Waals surface area contributed by atoms with Crippen LogP contribution in [0.2, 0.25) is 18.1 Å². The van der Waals surface area contributed by atoms with Gasteiger partial charge in [-0.05, 0) is 36.3 Å². The lowest BCUT2D eigenvalue weighted by atomic mass is 10.0. The molecule has 1 aromatic carbocycles. The third-order valence-electron chi connectivity index (χ3n) is 3.98. The van der Waals surface area contributed by atoms with E-state index in [2.05, 4.69) is 15.9 Å². The van der Waals surface area contributed by atoms with Crippen molar-refractivity contribution in [3.63, 3.8) is 0 Å². The van der Waals surface area contributed by atoms with Crippen LogP contribution in [0, 0.1) is 11.2 Å². The highest BCUT2D eigenvalue weighted by atomic mass is 79.9. The molecule has 1 rings (SSSR count). The fourth-order valence-electron chi connectivity index (χ4n) is 1.45. The van der Waals surface area contributed by atoms with Crippen molar-refractivity contribution in [3.8, 4) is 0 Å². The molecular weight excluding hydrogens is 375 g/mol. The molecule has 0 aromatic heterocycles. The topological polar surface area (TPSA) is 33.1 Å². The molecule has 0 aliphatic rings. The summed E-state index contributed by atoms with van der Waals surface area (Å²) in [6.07, 6.45) is 0. The fourth-order valence-corrected chi connectivity index (χ4v) is 2.78. The number of alkyl halides is 2. The van der Waals surface area contributed by atoms with Crippen molar-refractivity contribution < 1.29 is 17.6 Å². The quantitative estimate of drug-likeness (QED) is 0.509. The molecule has 1 N–H and O–H groups in total. The Hall–Kier alpha value is -0.663. The summed E-state index contributed by atoms with van der Waals surface area (Å²) in [5, 5.41) is 7.44. The molecule has 7 heteroatoms. The van der Waals surface area contributed by atoms with Gasteiger partial charge in [0, 0.05) is 10.0 Å². The van der Waals surface area contributed by atoms with Crippen molar-refractivity contribution in [3.05, 3.63) is 34.1 Å². The van der Waals surface area contributed by atoms with Gasteiger partial charge in [-0.2, -0.15) is 8.78 Å². The van der Waals surface area contributed by atoms with Crippen LogP contribution in [0.3, 0.4) is 0 Å². The van der Waals surface area contributed by atoms with Crippen LogP contribution >= 0.6 is 15.9 Å². The van der Waals surface area contributed by atoms with E-state index in [1.165, 1.54) is 12.1 Å². The lowest BCUT2D eigenvalue weighted by Crippen LogP contribution is -2.46. The largest absolute Gasteiger partial charge is 0.410 e. The minimum atomic E-state index is -3.54. The van der Waals surface area contributed by atoms with E-state index in [0.29, 0.717) is 4.47 Å². The molecule has 0 atom stereocenters. The zero-order chi connectivity index (χ0) is 17.3. The minimum Gasteiger partial charge on any atom is -0.410 e. The zero-order valence-electron chi connectivity index (χ0n) is 13.4. The molecule has 0 bridgehead atoms. The van der Waals surface area contributed by atoms with Crippen LogP contribution in [0.5, 0.6) is 0 Å². The second-order valence-electron chi connectivity index (χ2n) is 6.75. The third-order valence-corrected chi connectivity index (χ3v) is 8.96. The van der Waals surface area contributed by atoms with Gasteiger partial charge in [0.05, 0.1) is 0 Å². The Bertz CT molecular complexity index is 570. The predicted molar refractivity (Wildman–Crippen MR) is 89.0 cm³/mol. The summed E-state index contributed by atoms with van der Waals surface area (Å²) in [4.78, 5) is 0. The van der Waals surface area contributed by atoms with Gasteiger partial charge in [-0.3, -0.25) is 5.41 Å². The molecule has 124 valence electrons. The Labute approximate surface area is 138 Å². The van der Waals surface area contributed by atoms with E-state index in [9.17, 15) is 13.2 Å². The van der Waals surface area contributed by atoms with Gasteiger partial charge < -0.3 is 4.43 Å². The summed E-state index contributed by atoms with van der Waals surface area (Å²) in [7, 11) is -2.37. The van der Waals surface area contributed by atoms with E-state index in [0.717, 1.165) is 6.07 Å². The van der Waals surface area contributed by atoms with Crippen molar-refractivity contribution in [1.82, 2.24) is 0 Å². The van der Waals surface area contributed by atoms with Crippen molar-refractivity contribution >= 4 is 30.0 Å². The number of rotatable bonds is 5. The maximum atomic E-state index is 14.2. The molecule has 0 radical (unpaired) electrons. The number of hydrogen-bond donors (Lipinski definition) is 1. The first-order chi connectivity index (χ1) is 9.78. The first-order valence-electron chi connectivity index (χ1n) is 6.84. The van der Waals surface area contributed by atoms with Gasteiger partial charge in [0.1, 0.15) is 18.1 Å². The average Bonchev–Trinajstić information content (AvgIpc) is 2.37. The second kappa shape index (κ2) is 6.45. The molecule has 0 heterocycles. The monoisotopic (exact) mass is 395 g/mol. The van der Waals surface area contributed by atoms with Crippen LogP contribution in [0.15, 0.2) is 22.7 Å². The Morgan fingerprint density at radius 2 is 1.82 bits per heavy atom. The standard InChI is InChI=1S/C15H21BrF3NOSi/c1-14(2,3)22(4,5)21-9-15(18,19)13(20)11-8-10(16)6-7-12(11)17/h6-8,20H,9H2,1-5H3. The highest BCUT2D eigenvalue weighted by Crippen LogP contribution is 2.37. The van der Waals surface area contributed by atoms with Crippen molar-refractivity contribution in [2.45, 2.75) is 44.8 Å². The normalized spacial score (nSPS) is 13.3. The van der Waals surface area contributed by atoms with Crippen LogP contribution in [0.1, 0.15) is 26.3 Å². The van der Waals surface area contributed by atoms with Crippen molar-refractivity contribution in [2.75, 3.05) is 6.61 Å². The van der Waals surface area contributed by atoms with E-state index >= 15 is 0 Å². The van der Waals surface area contributed by atoms with Gasteiger partial charge in [0.2, 0.25) is 0 Å². The zero-order valence-corrected chi connectivity index (χ0v) is 15.9. The maximum absolute atomic E-state index is 14.2. The van der Waals surface area contributed by atoms with Gasteiger partial charge in [-0.25, -0.2) is 4.39 Å². The number of nitrogens with one attached hydrogen (secondary N) is 1. The van der Waals surface area contributed by atoms with Gasteiger partial charge in [0.25, 0.3) is 0 Å². The highest BCUT2D eigenvalue weighted by Gasteiger charge is 2.43. The lowest BCUT2D eigenvalue weighted by molar-refractivity contribution is 0.0186. The van der Waals surface area contributed by atoms with E-state index in [1.807, 2.05) is 33.9 Å². The number of hydrogen-bond acceptors (Lipinski definition) is 2. The van der Waals surface area contributed by atoms with Crippen LogP contribution in [-0.4, -0.2) is 26.6 Å². The molecule has 0 aliphatic carbocycles. The third kappa shape index (κ3) is 4.42. The second-order valence-corrected chi connectivity index (χ2v) is 12.5. The lowest BCUT2D eigenvalue weighted by Gasteiger charge is -2.37. The molecule has 2 nitrogen and oxygen atoms in total. The number of halogens is 4. The van der Waals surface area contributed by atoms with Crippen LogP contribution in [-0.2, 0) is 4.43 Å². The van der Waals surface area contributed by atoms with Crippen molar-refractivity contribution in [2.24, 2.45) is 0 Å².